The molecule has 0 fully saturated rings. The van der Waals surface area contributed by atoms with E-state index in [0.717, 1.165) is 4.47 Å². The summed E-state index contributed by atoms with van der Waals surface area (Å²) in [5.41, 5.74) is 1.30. The molecule has 1 N–H and O–H groups in total. The molecule has 4 aromatic rings. The molecule has 26 heavy (non-hydrogen) atoms. The minimum atomic E-state index is -0.452. The number of rotatable bonds is 4. The highest BCUT2D eigenvalue weighted by atomic mass is 79.9. The predicted molar refractivity (Wildman–Crippen MR) is 100 cm³/mol. The first kappa shape index (κ1) is 16.4. The van der Waals surface area contributed by atoms with Gasteiger partial charge in [-0.15, -0.1) is 0 Å². The first-order valence-electron chi connectivity index (χ1n) is 7.80. The average Bonchev–Trinajstić information content (AvgIpc) is 3.30. The number of fused-ring (bicyclic) bond motifs is 1. The summed E-state index contributed by atoms with van der Waals surface area (Å²) in [6.07, 6.45) is 1.41. The number of anilines is 1. The highest BCUT2D eigenvalue weighted by Crippen LogP contribution is 2.33. The Balaban J connectivity index is 1.80. The Bertz CT molecular complexity index is 1090. The number of halogens is 1. The van der Waals surface area contributed by atoms with Gasteiger partial charge in [0, 0.05) is 15.4 Å². The number of benzene rings is 2. The molecule has 0 saturated carbocycles. The third-order valence-electron chi connectivity index (χ3n) is 3.89. The van der Waals surface area contributed by atoms with E-state index in [0.29, 0.717) is 22.2 Å². The summed E-state index contributed by atoms with van der Waals surface area (Å²) in [5, 5.41) is 3.39. The molecule has 4 rings (SSSR count). The molecule has 0 aliphatic rings. The number of hydrogen-bond donors (Lipinski definition) is 1. The fourth-order valence-electron chi connectivity index (χ4n) is 2.64. The molecule has 0 unspecified atom stereocenters. The van der Waals surface area contributed by atoms with E-state index in [2.05, 4.69) is 21.2 Å². The van der Waals surface area contributed by atoms with Crippen molar-refractivity contribution in [1.29, 1.82) is 0 Å². The number of para-hydroxylation sites is 1. The maximum atomic E-state index is 12.9. The van der Waals surface area contributed by atoms with Crippen LogP contribution < -0.4 is 5.32 Å². The van der Waals surface area contributed by atoms with Gasteiger partial charge in [0.2, 0.25) is 5.78 Å². The highest BCUT2D eigenvalue weighted by Gasteiger charge is 2.24. The molecular weight excluding hydrogens is 398 g/mol. The molecule has 0 aliphatic carbocycles. The van der Waals surface area contributed by atoms with Crippen LogP contribution in [0.3, 0.4) is 0 Å². The Morgan fingerprint density at radius 1 is 0.923 bits per heavy atom. The highest BCUT2D eigenvalue weighted by molar-refractivity contribution is 9.10. The summed E-state index contributed by atoms with van der Waals surface area (Å²) in [4.78, 5) is 25.3. The van der Waals surface area contributed by atoms with Crippen LogP contribution in [0.4, 0.5) is 5.69 Å². The number of carbonyl (C=O) groups is 2. The molecule has 2 aromatic heterocycles. The number of hydrogen-bond acceptors (Lipinski definition) is 4. The van der Waals surface area contributed by atoms with Crippen LogP contribution in [0.2, 0.25) is 0 Å². The third-order valence-corrected chi connectivity index (χ3v) is 4.42. The van der Waals surface area contributed by atoms with Crippen LogP contribution >= 0.6 is 15.9 Å². The molecule has 0 aliphatic heterocycles. The van der Waals surface area contributed by atoms with Gasteiger partial charge in [-0.25, -0.2) is 0 Å². The van der Waals surface area contributed by atoms with E-state index >= 15 is 0 Å². The van der Waals surface area contributed by atoms with Gasteiger partial charge >= 0.3 is 0 Å². The van der Waals surface area contributed by atoms with Crippen LogP contribution in [0, 0.1) is 0 Å². The van der Waals surface area contributed by atoms with E-state index in [1.807, 2.05) is 6.07 Å². The lowest BCUT2D eigenvalue weighted by Gasteiger charge is -2.05. The number of amides is 1. The quantitative estimate of drug-likeness (QED) is 0.465. The van der Waals surface area contributed by atoms with Crippen molar-refractivity contribution in [3.63, 3.8) is 0 Å². The van der Waals surface area contributed by atoms with Crippen LogP contribution in [0.1, 0.15) is 26.7 Å². The van der Waals surface area contributed by atoms with E-state index in [1.165, 1.54) is 6.26 Å². The smallest absolute Gasteiger partial charge is 0.291 e. The van der Waals surface area contributed by atoms with E-state index in [-0.39, 0.29) is 17.3 Å². The topological polar surface area (TPSA) is 72.5 Å². The van der Waals surface area contributed by atoms with E-state index in [1.54, 1.807) is 54.6 Å². The molecule has 6 heteroatoms. The molecule has 2 heterocycles. The normalized spacial score (nSPS) is 10.8. The van der Waals surface area contributed by atoms with Gasteiger partial charge in [0.05, 0.1) is 12.0 Å². The zero-order valence-electron chi connectivity index (χ0n) is 13.4. The number of carbonyl (C=O) groups excluding carboxylic acids is 2. The van der Waals surface area contributed by atoms with Crippen molar-refractivity contribution < 1.29 is 18.4 Å². The summed E-state index contributed by atoms with van der Waals surface area (Å²) in [7, 11) is 0. The second kappa shape index (κ2) is 6.65. The van der Waals surface area contributed by atoms with Crippen molar-refractivity contribution in [2.24, 2.45) is 0 Å². The Hall–Kier alpha value is -3.12. The Morgan fingerprint density at radius 2 is 1.69 bits per heavy atom. The fraction of sp³-hybridized carbons (Fsp3) is 0. The van der Waals surface area contributed by atoms with Crippen LogP contribution in [0.5, 0.6) is 0 Å². The van der Waals surface area contributed by atoms with Crippen molar-refractivity contribution in [2.75, 3.05) is 5.32 Å². The second-order valence-corrected chi connectivity index (χ2v) is 6.49. The standard InChI is InChI=1S/C20H12BrNO4/c21-13-9-7-12(8-10-13)18(23)19-17(14-4-1-2-5-15(14)26-19)22-20(24)16-6-3-11-25-16/h1-11H,(H,22,24). The molecule has 128 valence electrons. The number of furan rings is 2. The van der Waals surface area contributed by atoms with Crippen molar-refractivity contribution in [3.05, 3.63) is 88.5 Å². The molecule has 0 spiro atoms. The van der Waals surface area contributed by atoms with Crippen molar-refractivity contribution in [2.45, 2.75) is 0 Å². The van der Waals surface area contributed by atoms with Crippen LogP contribution in [-0.4, -0.2) is 11.7 Å². The zero-order valence-corrected chi connectivity index (χ0v) is 14.9. The van der Waals surface area contributed by atoms with E-state index in [9.17, 15) is 9.59 Å². The van der Waals surface area contributed by atoms with Gasteiger partial charge in [-0.3, -0.25) is 9.59 Å². The maximum Gasteiger partial charge on any atom is 0.291 e. The van der Waals surface area contributed by atoms with Gasteiger partial charge in [-0.1, -0.05) is 28.1 Å². The predicted octanol–water partition coefficient (Wildman–Crippen LogP) is 5.27. The molecule has 0 saturated heterocycles. The van der Waals surface area contributed by atoms with E-state index in [4.69, 9.17) is 8.83 Å². The molecule has 2 aromatic carbocycles. The first-order chi connectivity index (χ1) is 12.6. The summed E-state index contributed by atoms with van der Waals surface area (Å²) in [5.74, 6) is -0.541. The average molecular weight is 410 g/mol. The lowest BCUT2D eigenvalue weighted by Crippen LogP contribution is -2.13. The van der Waals surface area contributed by atoms with Crippen LogP contribution in [0.25, 0.3) is 11.0 Å². The van der Waals surface area contributed by atoms with Gasteiger partial charge in [0.1, 0.15) is 5.58 Å². The first-order valence-corrected chi connectivity index (χ1v) is 8.59. The van der Waals surface area contributed by atoms with Gasteiger partial charge in [-0.05, 0) is 48.5 Å². The SMILES string of the molecule is O=C(Nc1c(C(=O)c2ccc(Br)cc2)oc2ccccc12)c1ccco1. The van der Waals surface area contributed by atoms with Crippen LogP contribution in [0.15, 0.2) is 80.2 Å². The molecule has 0 radical (unpaired) electrons. The van der Waals surface area contributed by atoms with E-state index < -0.39 is 5.91 Å². The second-order valence-electron chi connectivity index (χ2n) is 5.57. The van der Waals surface area contributed by atoms with Crippen molar-refractivity contribution >= 4 is 44.3 Å². The van der Waals surface area contributed by atoms with Crippen molar-refractivity contribution in [1.82, 2.24) is 0 Å². The minimum Gasteiger partial charge on any atom is -0.459 e. The largest absolute Gasteiger partial charge is 0.459 e. The molecule has 0 atom stereocenters. The van der Waals surface area contributed by atoms with Crippen molar-refractivity contribution in [3.8, 4) is 0 Å². The number of ketones is 1. The monoisotopic (exact) mass is 409 g/mol. The fourth-order valence-corrected chi connectivity index (χ4v) is 2.91. The van der Waals surface area contributed by atoms with Crippen LogP contribution in [-0.2, 0) is 0 Å². The summed E-state index contributed by atoms with van der Waals surface area (Å²) in [6.45, 7) is 0. The zero-order chi connectivity index (χ0) is 18.1. The molecule has 0 bridgehead atoms. The Labute approximate surface area is 156 Å². The minimum absolute atomic E-state index is 0.0772. The lowest BCUT2D eigenvalue weighted by molar-refractivity contribution is 0.0996. The molecule has 5 nitrogen and oxygen atoms in total. The Morgan fingerprint density at radius 3 is 2.42 bits per heavy atom. The lowest BCUT2D eigenvalue weighted by atomic mass is 10.1. The summed E-state index contributed by atoms with van der Waals surface area (Å²) < 4.78 is 11.7. The summed E-state index contributed by atoms with van der Waals surface area (Å²) >= 11 is 3.35. The maximum absolute atomic E-state index is 12.9. The Kier molecular flexibility index (Phi) is 4.18. The van der Waals surface area contributed by atoms with Gasteiger partial charge in [-0.2, -0.15) is 0 Å². The third kappa shape index (κ3) is 2.95. The molecule has 1 amide bonds. The van der Waals surface area contributed by atoms with Gasteiger partial charge < -0.3 is 14.2 Å². The summed E-state index contributed by atoms with van der Waals surface area (Å²) in [6, 6.07) is 17.3. The van der Waals surface area contributed by atoms with Gasteiger partial charge in [0.15, 0.2) is 11.5 Å². The molecular formula is C20H12BrNO4. The number of nitrogens with one attached hydrogen (secondary N) is 1. The van der Waals surface area contributed by atoms with Gasteiger partial charge in [0.25, 0.3) is 5.91 Å².